The SMILES string of the molecule is Cc1nc(N2CC(Cn3nc(C4CC4)ccc3=O)C2)c2ccncc2n1. The molecule has 26 heavy (non-hydrogen) atoms. The van der Waals surface area contributed by atoms with Crippen molar-refractivity contribution < 1.29 is 0 Å². The van der Waals surface area contributed by atoms with Gasteiger partial charge in [0.15, 0.2) is 0 Å². The lowest BCUT2D eigenvalue weighted by Gasteiger charge is -2.40. The van der Waals surface area contributed by atoms with E-state index >= 15 is 0 Å². The van der Waals surface area contributed by atoms with E-state index in [2.05, 4.69) is 25.0 Å². The summed E-state index contributed by atoms with van der Waals surface area (Å²) in [4.78, 5) is 27.6. The van der Waals surface area contributed by atoms with Crippen LogP contribution in [0, 0.1) is 12.8 Å². The van der Waals surface area contributed by atoms with Crippen molar-refractivity contribution in [3.8, 4) is 0 Å². The van der Waals surface area contributed by atoms with Gasteiger partial charge in [0.1, 0.15) is 11.6 Å². The van der Waals surface area contributed by atoms with Gasteiger partial charge in [0, 0.05) is 42.6 Å². The van der Waals surface area contributed by atoms with E-state index in [0.29, 0.717) is 18.4 Å². The number of nitrogens with zero attached hydrogens (tertiary/aromatic N) is 6. The predicted octanol–water partition coefficient (Wildman–Crippen LogP) is 1.90. The number of hydrogen-bond acceptors (Lipinski definition) is 6. The van der Waals surface area contributed by atoms with E-state index in [4.69, 9.17) is 0 Å². The van der Waals surface area contributed by atoms with E-state index in [-0.39, 0.29) is 5.56 Å². The monoisotopic (exact) mass is 348 g/mol. The Morgan fingerprint density at radius 2 is 2.00 bits per heavy atom. The van der Waals surface area contributed by atoms with Crippen LogP contribution in [0.5, 0.6) is 0 Å². The van der Waals surface area contributed by atoms with Gasteiger partial charge in [-0.25, -0.2) is 14.6 Å². The second-order valence-electron chi connectivity index (χ2n) is 7.31. The molecule has 0 N–H and O–H groups in total. The molecule has 0 unspecified atom stereocenters. The minimum absolute atomic E-state index is 0.0118. The van der Waals surface area contributed by atoms with Crippen LogP contribution in [0.2, 0.25) is 0 Å². The normalized spacial score (nSPS) is 17.5. The van der Waals surface area contributed by atoms with E-state index in [1.807, 2.05) is 19.1 Å². The lowest BCUT2D eigenvalue weighted by molar-refractivity contribution is 0.331. The van der Waals surface area contributed by atoms with Crippen LogP contribution in [0.1, 0.15) is 30.3 Å². The molecule has 7 heteroatoms. The third-order valence-electron chi connectivity index (χ3n) is 5.16. The van der Waals surface area contributed by atoms with Gasteiger partial charge in [-0.2, -0.15) is 5.10 Å². The van der Waals surface area contributed by atoms with E-state index < -0.39 is 0 Å². The van der Waals surface area contributed by atoms with Crippen molar-refractivity contribution in [1.82, 2.24) is 24.7 Å². The highest BCUT2D eigenvalue weighted by molar-refractivity contribution is 5.89. The van der Waals surface area contributed by atoms with Crippen LogP contribution in [0.3, 0.4) is 0 Å². The van der Waals surface area contributed by atoms with Crippen LogP contribution in [0.25, 0.3) is 10.9 Å². The fourth-order valence-corrected chi connectivity index (χ4v) is 3.61. The molecular weight excluding hydrogens is 328 g/mol. The van der Waals surface area contributed by atoms with Gasteiger partial charge in [0.25, 0.3) is 5.56 Å². The molecular formula is C19H20N6O. The van der Waals surface area contributed by atoms with Gasteiger partial charge in [0.2, 0.25) is 0 Å². The molecule has 4 heterocycles. The van der Waals surface area contributed by atoms with E-state index in [9.17, 15) is 4.79 Å². The van der Waals surface area contributed by atoms with Crippen LogP contribution in [-0.2, 0) is 6.54 Å². The largest absolute Gasteiger partial charge is 0.355 e. The van der Waals surface area contributed by atoms with Crippen molar-refractivity contribution in [2.45, 2.75) is 32.2 Å². The van der Waals surface area contributed by atoms with Crippen LogP contribution in [0.15, 0.2) is 35.4 Å². The first-order chi connectivity index (χ1) is 12.7. The Morgan fingerprint density at radius 3 is 2.81 bits per heavy atom. The Bertz CT molecular complexity index is 1040. The quantitative estimate of drug-likeness (QED) is 0.717. The molecule has 0 amide bonds. The van der Waals surface area contributed by atoms with Gasteiger partial charge in [-0.1, -0.05) is 0 Å². The number of hydrogen-bond donors (Lipinski definition) is 0. The van der Waals surface area contributed by atoms with Crippen molar-refractivity contribution >= 4 is 16.7 Å². The second kappa shape index (κ2) is 5.86. The van der Waals surface area contributed by atoms with Crippen molar-refractivity contribution in [1.29, 1.82) is 0 Å². The first-order valence-electron chi connectivity index (χ1n) is 9.09. The Labute approximate surface area is 150 Å². The Morgan fingerprint density at radius 1 is 1.15 bits per heavy atom. The summed E-state index contributed by atoms with van der Waals surface area (Å²) in [5.74, 6) is 2.67. The van der Waals surface area contributed by atoms with Crippen LogP contribution < -0.4 is 10.5 Å². The third-order valence-corrected chi connectivity index (χ3v) is 5.16. The van der Waals surface area contributed by atoms with Crippen molar-refractivity contribution in [2.75, 3.05) is 18.0 Å². The summed E-state index contributed by atoms with van der Waals surface area (Å²) in [7, 11) is 0. The Kier molecular flexibility index (Phi) is 3.48. The molecule has 2 aliphatic rings. The molecule has 0 radical (unpaired) electrons. The van der Waals surface area contributed by atoms with Crippen LogP contribution in [0.4, 0.5) is 5.82 Å². The van der Waals surface area contributed by atoms with Gasteiger partial charge >= 0.3 is 0 Å². The summed E-state index contributed by atoms with van der Waals surface area (Å²) < 4.78 is 1.64. The number of anilines is 1. The molecule has 0 bridgehead atoms. The minimum Gasteiger partial charge on any atom is -0.355 e. The summed E-state index contributed by atoms with van der Waals surface area (Å²) >= 11 is 0. The number of aromatic nitrogens is 5. The summed E-state index contributed by atoms with van der Waals surface area (Å²) in [5.41, 5.74) is 1.92. The molecule has 5 rings (SSSR count). The zero-order valence-corrected chi connectivity index (χ0v) is 14.7. The standard InChI is InChI=1S/C19H20N6O/c1-12-21-17-8-20-7-6-15(17)19(22-12)24-9-13(10-24)11-25-18(26)5-4-16(23-25)14-2-3-14/h4-8,13-14H,2-3,9-11H2,1H3. The average Bonchev–Trinajstić information content (AvgIpc) is 3.43. The fraction of sp³-hybridized carbons (Fsp3) is 0.421. The topological polar surface area (TPSA) is 76.8 Å². The fourth-order valence-electron chi connectivity index (χ4n) is 3.61. The van der Waals surface area contributed by atoms with Crippen molar-refractivity contribution in [2.24, 2.45) is 5.92 Å². The maximum absolute atomic E-state index is 12.1. The highest BCUT2D eigenvalue weighted by Gasteiger charge is 2.31. The molecule has 0 atom stereocenters. The minimum atomic E-state index is -0.0118. The first-order valence-corrected chi connectivity index (χ1v) is 9.09. The summed E-state index contributed by atoms with van der Waals surface area (Å²) in [6.07, 6.45) is 5.93. The lowest BCUT2D eigenvalue weighted by Crippen LogP contribution is -2.50. The molecule has 1 saturated carbocycles. The number of pyridine rings is 1. The second-order valence-corrected chi connectivity index (χ2v) is 7.31. The molecule has 1 aliphatic carbocycles. The van der Waals surface area contributed by atoms with Crippen molar-refractivity contribution in [3.63, 3.8) is 0 Å². The third kappa shape index (κ3) is 2.73. The molecule has 0 spiro atoms. The van der Waals surface area contributed by atoms with E-state index in [0.717, 1.165) is 41.3 Å². The maximum atomic E-state index is 12.1. The van der Waals surface area contributed by atoms with E-state index in [1.165, 1.54) is 12.8 Å². The predicted molar refractivity (Wildman–Crippen MR) is 98.2 cm³/mol. The molecule has 132 valence electrons. The van der Waals surface area contributed by atoms with Crippen LogP contribution in [-0.4, -0.2) is 37.8 Å². The smallest absolute Gasteiger partial charge is 0.266 e. The molecule has 1 saturated heterocycles. The summed E-state index contributed by atoms with van der Waals surface area (Å²) in [6, 6.07) is 5.50. The van der Waals surface area contributed by atoms with Gasteiger partial charge in [-0.3, -0.25) is 9.78 Å². The van der Waals surface area contributed by atoms with Gasteiger partial charge in [-0.15, -0.1) is 0 Å². The number of fused-ring (bicyclic) bond motifs is 1. The van der Waals surface area contributed by atoms with Crippen molar-refractivity contribution in [3.05, 3.63) is 52.5 Å². The van der Waals surface area contributed by atoms with E-state index in [1.54, 1.807) is 23.1 Å². The van der Waals surface area contributed by atoms with Gasteiger partial charge in [0.05, 0.1) is 24.0 Å². The summed E-state index contributed by atoms with van der Waals surface area (Å²) in [5, 5.41) is 5.59. The first kappa shape index (κ1) is 15.4. The molecule has 7 nitrogen and oxygen atoms in total. The zero-order chi connectivity index (χ0) is 17.7. The Balaban J connectivity index is 1.34. The molecule has 3 aromatic rings. The number of rotatable bonds is 4. The van der Waals surface area contributed by atoms with Crippen LogP contribution >= 0.6 is 0 Å². The van der Waals surface area contributed by atoms with Gasteiger partial charge in [-0.05, 0) is 31.9 Å². The van der Waals surface area contributed by atoms with Gasteiger partial charge < -0.3 is 4.90 Å². The molecule has 3 aromatic heterocycles. The molecule has 2 fully saturated rings. The molecule has 0 aromatic carbocycles. The zero-order valence-electron chi connectivity index (χ0n) is 14.7. The average molecular weight is 348 g/mol. The maximum Gasteiger partial charge on any atom is 0.266 e. The Hall–Kier alpha value is -2.83. The lowest BCUT2D eigenvalue weighted by atomic mass is 9.99. The molecule has 1 aliphatic heterocycles. The summed E-state index contributed by atoms with van der Waals surface area (Å²) in [6.45, 7) is 4.31. The highest BCUT2D eigenvalue weighted by atomic mass is 16.1. The number of aryl methyl sites for hydroxylation is 1. The highest BCUT2D eigenvalue weighted by Crippen LogP contribution is 2.38.